The summed E-state index contributed by atoms with van der Waals surface area (Å²) in [5.41, 5.74) is 4.79. The van der Waals surface area contributed by atoms with E-state index in [0.717, 1.165) is 12.2 Å². The first-order chi connectivity index (χ1) is 7.16. The quantitative estimate of drug-likeness (QED) is 0.746. The number of rotatable bonds is 2. The van der Waals surface area contributed by atoms with Crippen molar-refractivity contribution >= 4 is 17.6 Å². The maximum atomic E-state index is 11.5. The molecule has 0 aliphatic carbocycles. The Balaban J connectivity index is 2.27. The van der Waals surface area contributed by atoms with Crippen molar-refractivity contribution < 1.29 is 0 Å². The molecule has 3 N–H and O–H groups in total. The van der Waals surface area contributed by atoms with Crippen LogP contribution in [0, 0.1) is 0 Å². The third-order valence-corrected chi connectivity index (χ3v) is 3.86. The van der Waals surface area contributed by atoms with E-state index in [0.29, 0.717) is 11.8 Å². The van der Waals surface area contributed by atoms with Gasteiger partial charge >= 0.3 is 5.69 Å². The molecule has 1 aromatic rings. The third kappa shape index (κ3) is 2.26. The average molecular weight is 227 g/mol. The van der Waals surface area contributed by atoms with E-state index in [9.17, 15) is 9.59 Å². The molecule has 1 saturated heterocycles. The first-order valence-corrected chi connectivity index (χ1v) is 5.93. The summed E-state index contributed by atoms with van der Waals surface area (Å²) in [6.45, 7) is 0.589. The third-order valence-electron chi connectivity index (χ3n) is 2.48. The van der Waals surface area contributed by atoms with Crippen molar-refractivity contribution in [1.29, 1.82) is 0 Å². The minimum Gasteiger partial charge on any atom is -0.385 e. The fourth-order valence-electron chi connectivity index (χ4n) is 1.72. The van der Waals surface area contributed by atoms with Gasteiger partial charge in [0.1, 0.15) is 5.82 Å². The van der Waals surface area contributed by atoms with E-state index in [4.69, 9.17) is 5.73 Å². The van der Waals surface area contributed by atoms with Crippen LogP contribution in [-0.4, -0.2) is 20.6 Å². The minimum absolute atomic E-state index is 0.247. The van der Waals surface area contributed by atoms with Crippen molar-refractivity contribution in [3.05, 3.63) is 26.9 Å². The van der Waals surface area contributed by atoms with Crippen LogP contribution in [0.25, 0.3) is 0 Å². The molecule has 1 unspecified atom stereocenters. The number of thioether (sulfide) groups is 1. The summed E-state index contributed by atoms with van der Waals surface area (Å²) in [7, 11) is 0. The molecule has 0 spiro atoms. The van der Waals surface area contributed by atoms with Crippen LogP contribution in [0.15, 0.2) is 15.7 Å². The van der Waals surface area contributed by atoms with Gasteiger partial charge in [0, 0.05) is 17.9 Å². The van der Waals surface area contributed by atoms with Crippen LogP contribution in [0.2, 0.25) is 0 Å². The molecular formula is C9H13N3O2S. The number of H-pyrrole nitrogens is 1. The fourth-order valence-corrected chi connectivity index (χ4v) is 2.97. The van der Waals surface area contributed by atoms with E-state index in [-0.39, 0.29) is 5.82 Å². The topological polar surface area (TPSA) is 80.9 Å². The van der Waals surface area contributed by atoms with Crippen molar-refractivity contribution in [3.8, 4) is 0 Å². The first-order valence-electron chi connectivity index (χ1n) is 4.88. The molecule has 2 heterocycles. The molecule has 1 fully saturated rings. The molecule has 0 aromatic carbocycles. The predicted molar refractivity (Wildman–Crippen MR) is 61.2 cm³/mol. The van der Waals surface area contributed by atoms with Crippen LogP contribution in [-0.2, 0) is 6.54 Å². The Kier molecular flexibility index (Phi) is 2.86. The lowest BCUT2D eigenvalue weighted by Crippen LogP contribution is -2.33. The van der Waals surface area contributed by atoms with Crippen LogP contribution < -0.4 is 17.0 Å². The molecule has 1 aromatic heterocycles. The zero-order valence-corrected chi connectivity index (χ0v) is 9.05. The minimum atomic E-state index is -0.437. The van der Waals surface area contributed by atoms with Gasteiger partial charge in [-0.1, -0.05) is 0 Å². The van der Waals surface area contributed by atoms with Crippen LogP contribution >= 0.6 is 11.8 Å². The molecule has 0 amide bonds. The van der Waals surface area contributed by atoms with E-state index < -0.39 is 11.2 Å². The Morgan fingerprint density at radius 1 is 1.60 bits per heavy atom. The van der Waals surface area contributed by atoms with Crippen LogP contribution in [0.5, 0.6) is 0 Å². The van der Waals surface area contributed by atoms with E-state index in [1.54, 1.807) is 0 Å². The lowest BCUT2D eigenvalue weighted by molar-refractivity contribution is 0.612. The predicted octanol–water partition coefficient (Wildman–Crippen LogP) is 0.0144. The van der Waals surface area contributed by atoms with Crippen LogP contribution in [0.3, 0.4) is 0 Å². The Morgan fingerprint density at radius 2 is 2.40 bits per heavy atom. The molecule has 15 heavy (non-hydrogen) atoms. The number of nitrogen functional groups attached to an aromatic ring is 1. The van der Waals surface area contributed by atoms with E-state index in [2.05, 4.69) is 4.98 Å². The van der Waals surface area contributed by atoms with E-state index in [1.807, 2.05) is 11.8 Å². The molecule has 1 aliphatic heterocycles. The number of nitrogens with two attached hydrogens (primary N) is 1. The van der Waals surface area contributed by atoms with Crippen LogP contribution in [0.1, 0.15) is 12.8 Å². The number of anilines is 1. The van der Waals surface area contributed by atoms with Crippen LogP contribution in [0.4, 0.5) is 5.82 Å². The number of hydrogen-bond acceptors (Lipinski definition) is 4. The summed E-state index contributed by atoms with van der Waals surface area (Å²) in [5, 5.41) is 0.441. The number of nitrogens with zero attached hydrogens (tertiary/aromatic N) is 1. The maximum absolute atomic E-state index is 11.5. The monoisotopic (exact) mass is 227 g/mol. The average Bonchev–Trinajstić information content (AvgIpc) is 2.63. The molecule has 82 valence electrons. The van der Waals surface area contributed by atoms with Gasteiger partial charge in [0.05, 0.1) is 0 Å². The van der Waals surface area contributed by atoms with Crippen molar-refractivity contribution in [2.75, 3.05) is 11.5 Å². The molecule has 6 heteroatoms. The summed E-state index contributed by atoms with van der Waals surface area (Å²) >= 11 is 1.85. The summed E-state index contributed by atoms with van der Waals surface area (Å²) in [4.78, 5) is 24.6. The maximum Gasteiger partial charge on any atom is 0.329 e. The van der Waals surface area contributed by atoms with Crippen molar-refractivity contribution in [2.24, 2.45) is 0 Å². The summed E-state index contributed by atoms with van der Waals surface area (Å²) in [6.07, 6.45) is 2.29. The SMILES string of the molecule is Nc1cc(=O)[nH]c(=O)n1CC1CCCS1. The lowest BCUT2D eigenvalue weighted by atomic mass is 10.2. The largest absolute Gasteiger partial charge is 0.385 e. The van der Waals surface area contributed by atoms with Gasteiger partial charge in [0.2, 0.25) is 0 Å². The van der Waals surface area contributed by atoms with Gasteiger partial charge in [0.25, 0.3) is 5.56 Å². The Bertz CT molecular complexity index is 459. The number of aromatic nitrogens is 2. The highest BCUT2D eigenvalue weighted by molar-refractivity contribution is 8.00. The first kappa shape index (κ1) is 10.4. The molecule has 5 nitrogen and oxygen atoms in total. The Hall–Kier alpha value is -1.17. The standard InChI is InChI=1S/C9H13N3O2S/c10-7-4-8(13)11-9(14)12(7)5-6-2-1-3-15-6/h4,6H,1-3,5,10H2,(H,11,13,14). The molecule has 0 bridgehead atoms. The zero-order chi connectivity index (χ0) is 10.8. The van der Waals surface area contributed by atoms with Gasteiger partial charge in [0.15, 0.2) is 0 Å². The zero-order valence-electron chi connectivity index (χ0n) is 8.23. The highest BCUT2D eigenvalue weighted by Gasteiger charge is 2.17. The molecular weight excluding hydrogens is 214 g/mol. The fraction of sp³-hybridized carbons (Fsp3) is 0.556. The molecule has 0 radical (unpaired) electrons. The highest BCUT2D eigenvalue weighted by atomic mass is 32.2. The van der Waals surface area contributed by atoms with Gasteiger partial charge < -0.3 is 5.73 Å². The van der Waals surface area contributed by atoms with Crippen molar-refractivity contribution in [2.45, 2.75) is 24.6 Å². The summed E-state index contributed by atoms with van der Waals surface area (Å²) in [5.74, 6) is 1.39. The second-order valence-corrected chi connectivity index (χ2v) is 5.02. The number of nitrogens with one attached hydrogen (secondary N) is 1. The molecule has 1 atom stereocenters. The second kappa shape index (κ2) is 4.14. The Morgan fingerprint density at radius 3 is 3.00 bits per heavy atom. The van der Waals surface area contributed by atoms with Crippen molar-refractivity contribution in [1.82, 2.24) is 9.55 Å². The van der Waals surface area contributed by atoms with Gasteiger partial charge in [-0.3, -0.25) is 14.3 Å². The lowest BCUT2D eigenvalue weighted by Gasteiger charge is -2.12. The summed E-state index contributed by atoms with van der Waals surface area (Å²) in [6, 6.07) is 1.25. The molecule has 2 rings (SSSR count). The highest BCUT2D eigenvalue weighted by Crippen LogP contribution is 2.27. The smallest absolute Gasteiger partial charge is 0.329 e. The van der Waals surface area contributed by atoms with Crippen molar-refractivity contribution in [3.63, 3.8) is 0 Å². The van der Waals surface area contributed by atoms with Gasteiger partial charge in [-0.25, -0.2) is 4.79 Å². The normalized spacial score (nSPS) is 20.7. The summed E-state index contributed by atoms with van der Waals surface area (Å²) < 4.78 is 1.43. The van der Waals surface area contributed by atoms with E-state index in [1.165, 1.54) is 17.1 Å². The molecule has 0 saturated carbocycles. The van der Waals surface area contributed by atoms with Gasteiger partial charge in [-0.2, -0.15) is 11.8 Å². The number of hydrogen-bond donors (Lipinski definition) is 2. The van der Waals surface area contributed by atoms with Gasteiger partial charge in [-0.15, -0.1) is 0 Å². The second-order valence-electron chi connectivity index (χ2n) is 3.61. The van der Waals surface area contributed by atoms with E-state index >= 15 is 0 Å². The number of aromatic amines is 1. The molecule has 1 aliphatic rings. The van der Waals surface area contributed by atoms with Gasteiger partial charge in [-0.05, 0) is 18.6 Å². The Labute approximate surface area is 90.7 Å².